The van der Waals surface area contributed by atoms with Crippen LogP contribution in [0.2, 0.25) is 0 Å². The third-order valence-electron chi connectivity index (χ3n) is 4.86. The van der Waals surface area contributed by atoms with Crippen LogP contribution in [-0.2, 0) is 29.6 Å². The van der Waals surface area contributed by atoms with Gasteiger partial charge in [-0.2, -0.15) is 4.72 Å². The largest absolute Gasteiger partial charge is 0.287 e. The minimum atomic E-state index is -3.84. The van der Waals surface area contributed by atoms with Gasteiger partial charge >= 0.3 is 0 Å². The molecule has 0 radical (unpaired) electrons. The topological polar surface area (TPSA) is 130 Å². The van der Waals surface area contributed by atoms with Crippen molar-refractivity contribution in [1.29, 1.82) is 0 Å². The molecule has 9 nitrogen and oxygen atoms in total. The fourth-order valence-corrected chi connectivity index (χ4v) is 5.45. The van der Waals surface area contributed by atoms with Gasteiger partial charge < -0.3 is 0 Å². The number of nitrogens with one attached hydrogen (secondary N) is 2. The van der Waals surface area contributed by atoms with Gasteiger partial charge in [-0.3, -0.25) is 19.2 Å². The number of imide groups is 1. The molecule has 2 aliphatic carbocycles. The van der Waals surface area contributed by atoms with E-state index >= 15 is 0 Å². The highest BCUT2D eigenvalue weighted by Crippen LogP contribution is 2.37. The fourth-order valence-electron chi connectivity index (χ4n) is 3.96. The Morgan fingerprint density at radius 2 is 1.71 bits per heavy atom. The van der Waals surface area contributed by atoms with Gasteiger partial charge in [0.2, 0.25) is 26.0 Å². The highest BCUT2D eigenvalue weighted by atomic mass is 32.2. The molecule has 1 heterocycles. The zero-order valence-corrected chi connectivity index (χ0v) is 17.3. The number of rotatable bonds is 5. The van der Waals surface area contributed by atoms with Gasteiger partial charge in [-0.25, -0.2) is 16.8 Å². The van der Waals surface area contributed by atoms with Crippen LogP contribution in [0.15, 0.2) is 35.1 Å². The first-order valence-corrected chi connectivity index (χ1v) is 12.6. The Labute approximate surface area is 164 Å². The summed E-state index contributed by atoms with van der Waals surface area (Å²) in [6, 6.07) is 0. The number of hydrogen-bond donors (Lipinski definition) is 2. The zero-order valence-electron chi connectivity index (χ0n) is 15.7. The third-order valence-corrected chi connectivity index (χ3v) is 6.22. The van der Waals surface area contributed by atoms with Gasteiger partial charge in [-0.15, -0.1) is 0 Å². The van der Waals surface area contributed by atoms with E-state index < -0.39 is 37.5 Å². The van der Waals surface area contributed by atoms with Gasteiger partial charge in [-0.05, 0) is 37.8 Å². The Morgan fingerprint density at radius 1 is 1.04 bits per heavy atom. The minimum absolute atomic E-state index is 0.0562. The average Bonchev–Trinajstić information content (AvgIpc) is 2.51. The number of nitrogens with zero attached hydrogens (tertiary/aromatic N) is 1. The quantitative estimate of drug-likeness (QED) is 0.603. The maximum absolute atomic E-state index is 13.2. The van der Waals surface area contributed by atoms with Gasteiger partial charge in [0, 0.05) is 24.1 Å². The van der Waals surface area contributed by atoms with Crippen LogP contribution in [0, 0.1) is 0 Å². The smallest absolute Gasteiger partial charge is 0.258 e. The number of carbonyl (C=O) groups is 2. The molecule has 0 aromatic rings. The first-order valence-electron chi connectivity index (χ1n) is 8.84. The van der Waals surface area contributed by atoms with E-state index in [4.69, 9.17) is 0 Å². The Balaban J connectivity index is 2.05. The summed E-state index contributed by atoms with van der Waals surface area (Å²) < 4.78 is 52.1. The lowest BCUT2D eigenvalue weighted by molar-refractivity contribution is -0.149. The van der Waals surface area contributed by atoms with Crippen molar-refractivity contribution in [2.45, 2.75) is 44.2 Å². The van der Waals surface area contributed by atoms with Crippen LogP contribution in [0.3, 0.4) is 0 Å². The summed E-state index contributed by atoms with van der Waals surface area (Å²) in [5.41, 5.74) is -0.164. The van der Waals surface area contributed by atoms with Gasteiger partial charge in [0.05, 0.1) is 12.5 Å². The van der Waals surface area contributed by atoms with Crippen molar-refractivity contribution in [1.82, 2.24) is 14.3 Å². The van der Waals surface area contributed by atoms with Gasteiger partial charge in [0.15, 0.2) is 0 Å². The number of sulfonamides is 2. The predicted octanol–water partition coefficient (Wildman–Crippen LogP) is 0.254. The van der Waals surface area contributed by atoms with Crippen LogP contribution in [0.5, 0.6) is 0 Å². The first kappa shape index (κ1) is 20.7. The molecular weight excluding hydrogens is 406 g/mol. The van der Waals surface area contributed by atoms with Crippen LogP contribution in [-0.4, -0.2) is 51.7 Å². The molecule has 1 aliphatic heterocycles. The molecule has 1 unspecified atom stereocenters. The van der Waals surface area contributed by atoms with Crippen molar-refractivity contribution in [2.75, 3.05) is 12.5 Å². The highest BCUT2D eigenvalue weighted by Gasteiger charge is 2.48. The summed E-state index contributed by atoms with van der Waals surface area (Å²) in [5, 5.41) is 0. The lowest BCUT2D eigenvalue weighted by atomic mass is 9.84. The van der Waals surface area contributed by atoms with Crippen LogP contribution < -0.4 is 9.44 Å². The molecule has 2 amide bonds. The SMILES string of the molecule is CS(=O)(=O)NC1=CC=CC(NS(C)(=O)=O)(N2C(=O)CC3=C(CCCC3)C2=O)C1. The van der Waals surface area contributed by atoms with Crippen molar-refractivity contribution in [3.63, 3.8) is 0 Å². The van der Waals surface area contributed by atoms with E-state index in [2.05, 4.69) is 9.44 Å². The first-order chi connectivity index (χ1) is 12.9. The number of allylic oxidation sites excluding steroid dienone is 2. The zero-order chi connectivity index (χ0) is 20.7. The average molecular weight is 430 g/mol. The Kier molecular flexibility index (Phi) is 5.28. The second-order valence-electron chi connectivity index (χ2n) is 7.40. The molecule has 28 heavy (non-hydrogen) atoms. The van der Waals surface area contributed by atoms with Crippen LogP contribution in [0.4, 0.5) is 0 Å². The van der Waals surface area contributed by atoms with Crippen LogP contribution in [0.1, 0.15) is 38.5 Å². The third kappa shape index (κ3) is 4.36. The summed E-state index contributed by atoms with van der Waals surface area (Å²) in [4.78, 5) is 27.0. The van der Waals surface area contributed by atoms with Gasteiger partial charge in [-0.1, -0.05) is 11.6 Å². The molecule has 0 aromatic carbocycles. The van der Waals surface area contributed by atoms with E-state index in [1.807, 2.05) is 0 Å². The summed E-state index contributed by atoms with van der Waals surface area (Å²) in [7, 11) is -7.46. The number of amides is 2. The van der Waals surface area contributed by atoms with Crippen molar-refractivity contribution in [2.24, 2.45) is 0 Å². The van der Waals surface area contributed by atoms with E-state index in [0.29, 0.717) is 18.4 Å². The molecule has 0 bridgehead atoms. The minimum Gasteiger partial charge on any atom is -0.287 e. The lowest BCUT2D eigenvalue weighted by Crippen LogP contribution is -2.65. The second kappa shape index (κ2) is 7.12. The maximum Gasteiger partial charge on any atom is 0.258 e. The Morgan fingerprint density at radius 3 is 2.36 bits per heavy atom. The Hall–Kier alpha value is -1.98. The molecule has 0 fully saturated rings. The molecule has 3 rings (SSSR count). The molecule has 154 valence electrons. The maximum atomic E-state index is 13.2. The molecule has 0 saturated heterocycles. The second-order valence-corrected chi connectivity index (χ2v) is 10.9. The molecule has 0 saturated carbocycles. The van der Waals surface area contributed by atoms with Crippen molar-refractivity contribution in [3.05, 3.63) is 35.1 Å². The molecule has 1 atom stereocenters. The molecular formula is C17H23N3O6S2. The van der Waals surface area contributed by atoms with Crippen LogP contribution >= 0.6 is 0 Å². The molecule has 0 aromatic heterocycles. The van der Waals surface area contributed by atoms with Crippen molar-refractivity contribution >= 4 is 31.9 Å². The molecule has 3 aliphatic rings. The number of hydrogen-bond acceptors (Lipinski definition) is 6. The summed E-state index contributed by atoms with van der Waals surface area (Å²) in [6.07, 6.45) is 9.00. The molecule has 11 heteroatoms. The van der Waals surface area contributed by atoms with E-state index in [-0.39, 0.29) is 18.5 Å². The summed E-state index contributed by atoms with van der Waals surface area (Å²) in [6.45, 7) is 0. The lowest BCUT2D eigenvalue weighted by Gasteiger charge is -2.45. The monoisotopic (exact) mass is 429 g/mol. The van der Waals surface area contributed by atoms with Crippen molar-refractivity contribution < 1.29 is 26.4 Å². The van der Waals surface area contributed by atoms with Crippen LogP contribution in [0.25, 0.3) is 0 Å². The molecule has 0 spiro atoms. The normalized spacial score (nSPS) is 26.2. The van der Waals surface area contributed by atoms with E-state index in [9.17, 15) is 26.4 Å². The standard InChI is InChI=1S/C17H23N3O6S2/c1-27(23,24)18-13-7-5-9-17(11-13,19-28(2,25)26)20-15(21)10-12-6-3-4-8-14(12)16(20)22/h5,7,9,18-19H,3-4,6,8,10-11H2,1-2H3. The summed E-state index contributed by atoms with van der Waals surface area (Å²) in [5.74, 6) is -1.03. The highest BCUT2D eigenvalue weighted by molar-refractivity contribution is 7.89. The van der Waals surface area contributed by atoms with Gasteiger partial charge in [0.1, 0.15) is 5.66 Å². The van der Waals surface area contributed by atoms with Crippen molar-refractivity contribution in [3.8, 4) is 0 Å². The Bertz CT molecular complexity index is 1020. The summed E-state index contributed by atoms with van der Waals surface area (Å²) >= 11 is 0. The predicted molar refractivity (Wildman–Crippen MR) is 102 cm³/mol. The van der Waals surface area contributed by atoms with Gasteiger partial charge in [0.25, 0.3) is 5.91 Å². The van der Waals surface area contributed by atoms with E-state index in [1.165, 1.54) is 18.2 Å². The van der Waals surface area contributed by atoms with E-state index in [1.54, 1.807) is 0 Å². The molecule has 2 N–H and O–H groups in total. The number of carbonyl (C=O) groups excluding carboxylic acids is 2. The van der Waals surface area contributed by atoms with E-state index in [0.717, 1.165) is 35.8 Å². The fraction of sp³-hybridized carbons (Fsp3) is 0.529.